The van der Waals surface area contributed by atoms with E-state index in [2.05, 4.69) is 43.7 Å². The first-order valence-electron chi connectivity index (χ1n) is 5.10. The van der Waals surface area contributed by atoms with Crippen molar-refractivity contribution < 1.29 is 0 Å². The maximum absolute atomic E-state index is 3.69. The fourth-order valence-electron chi connectivity index (χ4n) is 1.68. The number of likely N-dealkylation sites (N-methyl/N-ethyl adjacent to an activating group) is 1. The molecule has 1 nitrogen and oxygen atoms in total. The summed E-state index contributed by atoms with van der Waals surface area (Å²) in [6.07, 6.45) is 11.5. The average Bonchev–Trinajstić information content (AvgIpc) is 2.17. The molecule has 0 unspecified atom stereocenters. The molecule has 1 heterocycles. The normalized spacial score (nSPS) is 19.9. The molecular formula is C13H19N. The van der Waals surface area contributed by atoms with Crippen LogP contribution in [0.1, 0.15) is 13.3 Å². The van der Waals surface area contributed by atoms with E-state index in [0.29, 0.717) is 0 Å². The molecule has 0 aromatic carbocycles. The summed E-state index contributed by atoms with van der Waals surface area (Å²) in [5, 5.41) is 0. The largest absolute Gasteiger partial charge is 0.302 e. The topological polar surface area (TPSA) is 3.24 Å². The van der Waals surface area contributed by atoms with E-state index in [1.807, 2.05) is 12.2 Å². The molecule has 0 bridgehead atoms. The number of hydrogen-bond donors (Lipinski definition) is 0. The lowest BCUT2D eigenvalue weighted by atomic mass is 9.99. The molecule has 0 aromatic rings. The first-order chi connectivity index (χ1) is 6.77. The Morgan fingerprint density at radius 2 is 2.07 bits per heavy atom. The second kappa shape index (κ2) is 5.61. The van der Waals surface area contributed by atoms with Gasteiger partial charge < -0.3 is 4.90 Å². The van der Waals surface area contributed by atoms with Crippen molar-refractivity contribution in [2.75, 3.05) is 20.1 Å². The predicted octanol–water partition coefficient (Wildman–Crippen LogP) is 2.94. The standard InChI is InChI=1S/C13H19N/c1-4-6-8-12-9-10-14(3)11-13(12)7-5-2/h4-8H,1,9-11H2,2-3H3/b7-5-,8-6-. The quantitative estimate of drug-likeness (QED) is 0.617. The van der Waals surface area contributed by atoms with E-state index in [0.717, 1.165) is 19.5 Å². The van der Waals surface area contributed by atoms with Crippen LogP contribution in [0, 0.1) is 0 Å². The van der Waals surface area contributed by atoms with E-state index in [4.69, 9.17) is 0 Å². The Bertz CT molecular complexity index is 282. The number of nitrogens with zero attached hydrogens (tertiary/aromatic N) is 1. The van der Waals surface area contributed by atoms with E-state index in [-0.39, 0.29) is 0 Å². The van der Waals surface area contributed by atoms with E-state index in [1.54, 1.807) is 0 Å². The van der Waals surface area contributed by atoms with Crippen molar-refractivity contribution in [3.63, 3.8) is 0 Å². The number of rotatable bonds is 3. The molecule has 0 aliphatic carbocycles. The monoisotopic (exact) mass is 189 g/mol. The number of hydrogen-bond acceptors (Lipinski definition) is 1. The van der Waals surface area contributed by atoms with Crippen LogP contribution in [0.5, 0.6) is 0 Å². The molecule has 1 heteroatoms. The minimum absolute atomic E-state index is 1.06. The van der Waals surface area contributed by atoms with Crippen molar-refractivity contribution >= 4 is 0 Å². The van der Waals surface area contributed by atoms with Gasteiger partial charge in [-0.05, 0) is 31.5 Å². The Balaban J connectivity index is 2.87. The van der Waals surface area contributed by atoms with Crippen LogP contribution in [0.4, 0.5) is 0 Å². The van der Waals surface area contributed by atoms with Crippen molar-refractivity contribution in [3.05, 3.63) is 48.1 Å². The lowest BCUT2D eigenvalue weighted by molar-refractivity contribution is 0.354. The molecule has 0 aromatic heterocycles. The van der Waals surface area contributed by atoms with Crippen LogP contribution >= 0.6 is 0 Å². The van der Waals surface area contributed by atoms with Gasteiger partial charge in [0.2, 0.25) is 0 Å². The Hall–Kier alpha value is -1.08. The molecule has 1 aliphatic heterocycles. The smallest absolute Gasteiger partial charge is 0.0233 e. The highest BCUT2D eigenvalue weighted by Gasteiger charge is 2.11. The Kier molecular flexibility index (Phi) is 4.41. The first-order valence-corrected chi connectivity index (χ1v) is 5.10. The molecule has 0 saturated heterocycles. The first kappa shape index (κ1) is 11.0. The SMILES string of the molecule is C=C/C=C\C1=C(/C=C\C)CN(C)CC1. The van der Waals surface area contributed by atoms with Crippen molar-refractivity contribution in [1.29, 1.82) is 0 Å². The van der Waals surface area contributed by atoms with Gasteiger partial charge >= 0.3 is 0 Å². The highest BCUT2D eigenvalue weighted by Crippen LogP contribution is 2.19. The summed E-state index contributed by atoms with van der Waals surface area (Å²) < 4.78 is 0. The molecule has 1 aliphatic rings. The zero-order valence-electron chi connectivity index (χ0n) is 9.16. The minimum atomic E-state index is 1.06. The van der Waals surface area contributed by atoms with Crippen molar-refractivity contribution in [2.45, 2.75) is 13.3 Å². The van der Waals surface area contributed by atoms with Crippen LogP contribution < -0.4 is 0 Å². The molecule has 0 saturated carbocycles. The van der Waals surface area contributed by atoms with Crippen LogP contribution in [-0.4, -0.2) is 25.0 Å². The summed E-state index contributed by atoms with van der Waals surface area (Å²) in [6, 6.07) is 0. The summed E-state index contributed by atoms with van der Waals surface area (Å²) in [4.78, 5) is 2.35. The molecule has 0 spiro atoms. The summed E-state index contributed by atoms with van der Waals surface area (Å²) in [7, 11) is 2.16. The second-order valence-corrected chi connectivity index (χ2v) is 3.63. The molecule has 76 valence electrons. The zero-order chi connectivity index (χ0) is 10.4. The van der Waals surface area contributed by atoms with Crippen LogP contribution in [0.15, 0.2) is 48.1 Å². The fraction of sp³-hybridized carbons (Fsp3) is 0.385. The number of allylic oxidation sites excluding steroid dienone is 4. The van der Waals surface area contributed by atoms with E-state index in [1.165, 1.54) is 11.1 Å². The molecule has 0 radical (unpaired) electrons. The van der Waals surface area contributed by atoms with Gasteiger partial charge in [-0.2, -0.15) is 0 Å². The van der Waals surface area contributed by atoms with Gasteiger partial charge in [0.15, 0.2) is 0 Å². The third-order valence-electron chi connectivity index (χ3n) is 2.42. The van der Waals surface area contributed by atoms with Crippen LogP contribution in [0.3, 0.4) is 0 Å². The van der Waals surface area contributed by atoms with E-state index in [9.17, 15) is 0 Å². The van der Waals surface area contributed by atoms with Gasteiger partial charge in [-0.1, -0.05) is 37.0 Å². The average molecular weight is 189 g/mol. The van der Waals surface area contributed by atoms with E-state index >= 15 is 0 Å². The van der Waals surface area contributed by atoms with Gasteiger partial charge in [-0.25, -0.2) is 0 Å². The Morgan fingerprint density at radius 3 is 2.71 bits per heavy atom. The highest BCUT2D eigenvalue weighted by atomic mass is 15.1. The second-order valence-electron chi connectivity index (χ2n) is 3.63. The lowest BCUT2D eigenvalue weighted by Gasteiger charge is -2.25. The molecule has 0 amide bonds. The Morgan fingerprint density at radius 1 is 1.29 bits per heavy atom. The molecular weight excluding hydrogens is 170 g/mol. The maximum Gasteiger partial charge on any atom is 0.0233 e. The molecule has 1 rings (SSSR count). The summed E-state index contributed by atoms with van der Waals surface area (Å²) in [6.45, 7) is 7.97. The zero-order valence-corrected chi connectivity index (χ0v) is 9.16. The van der Waals surface area contributed by atoms with Gasteiger partial charge in [0.25, 0.3) is 0 Å². The Labute approximate surface area is 87.1 Å². The summed E-state index contributed by atoms with van der Waals surface area (Å²) >= 11 is 0. The van der Waals surface area contributed by atoms with Crippen molar-refractivity contribution in [2.24, 2.45) is 0 Å². The third kappa shape index (κ3) is 3.00. The third-order valence-corrected chi connectivity index (χ3v) is 2.42. The predicted molar refractivity (Wildman–Crippen MR) is 63.3 cm³/mol. The summed E-state index contributed by atoms with van der Waals surface area (Å²) in [5.41, 5.74) is 2.88. The molecule has 0 atom stereocenters. The summed E-state index contributed by atoms with van der Waals surface area (Å²) in [5.74, 6) is 0. The van der Waals surface area contributed by atoms with Gasteiger partial charge in [-0.3, -0.25) is 0 Å². The maximum atomic E-state index is 3.69. The molecule has 0 fully saturated rings. The van der Waals surface area contributed by atoms with Crippen molar-refractivity contribution in [1.82, 2.24) is 4.90 Å². The molecule has 0 N–H and O–H groups in total. The van der Waals surface area contributed by atoms with Crippen molar-refractivity contribution in [3.8, 4) is 0 Å². The van der Waals surface area contributed by atoms with Gasteiger partial charge in [0.1, 0.15) is 0 Å². The fourth-order valence-corrected chi connectivity index (χ4v) is 1.68. The van der Waals surface area contributed by atoms with E-state index < -0.39 is 0 Å². The van der Waals surface area contributed by atoms with Gasteiger partial charge in [0.05, 0.1) is 0 Å². The van der Waals surface area contributed by atoms with Gasteiger partial charge in [-0.15, -0.1) is 0 Å². The van der Waals surface area contributed by atoms with Crippen LogP contribution in [-0.2, 0) is 0 Å². The van der Waals surface area contributed by atoms with Gasteiger partial charge in [0, 0.05) is 13.1 Å². The highest BCUT2D eigenvalue weighted by molar-refractivity contribution is 5.36. The van der Waals surface area contributed by atoms with Crippen LogP contribution in [0.25, 0.3) is 0 Å². The minimum Gasteiger partial charge on any atom is -0.302 e. The molecule has 14 heavy (non-hydrogen) atoms. The van der Waals surface area contributed by atoms with Crippen LogP contribution in [0.2, 0.25) is 0 Å². The lowest BCUT2D eigenvalue weighted by Crippen LogP contribution is -2.27.